The Morgan fingerprint density at radius 3 is 2.44 bits per heavy atom. The van der Waals surface area contributed by atoms with Crippen molar-refractivity contribution in [2.24, 2.45) is 0 Å². The Morgan fingerprint density at radius 1 is 1.16 bits per heavy atom. The number of amides is 1. The molecule has 0 radical (unpaired) electrons. The van der Waals surface area contributed by atoms with Gasteiger partial charge in [0, 0.05) is 38.4 Å². The van der Waals surface area contributed by atoms with Crippen molar-refractivity contribution in [1.29, 1.82) is 0 Å². The van der Waals surface area contributed by atoms with Gasteiger partial charge in [-0.2, -0.15) is 18.3 Å². The molecule has 0 aliphatic carbocycles. The Kier molecular flexibility index (Phi) is 4.60. The summed E-state index contributed by atoms with van der Waals surface area (Å²) in [5, 5.41) is 4.28. The number of carbonyl (C=O) groups excluding carboxylic acids is 1. The van der Waals surface area contributed by atoms with Crippen LogP contribution in [-0.4, -0.2) is 62.9 Å². The first-order chi connectivity index (χ1) is 11.8. The molecule has 0 saturated carbocycles. The van der Waals surface area contributed by atoms with E-state index in [0.29, 0.717) is 24.7 Å². The van der Waals surface area contributed by atoms with Gasteiger partial charge in [0.25, 0.3) is 0 Å². The summed E-state index contributed by atoms with van der Waals surface area (Å²) in [4.78, 5) is 23.2. The number of carbonyl (C=O) groups is 1. The zero-order valence-electron chi connectivity index (χ0n) is 13.6. The van der Waals surface area contributed by atoms with Gasteiger partial charge in [0.1, 0.15) is 18.6 Å². The number of aryl methyl sites for hydroxylation is 1. The molecule has 10 heteroatoms. The molecule has 134 valence electrons. The van der Waals surface area contributed by atoms with Crippen LogP contribution in [-0.2, 0) is 4.79 Å². The van der Waals surface area contributed by atoms with E-state index < -0.39 is 18.5 Å². The number of anilines is 1. The number of piperazine rings is 1. The molecule has 2 aromatic heterocycles. The first-order valence-corrected chi connectivity index (χ1v) is 7.76. The summed E-state index contributed by atoms with van der Waals surface area (Å²) in [6.07, 6.45) is -2.68. The number of hydrogen-bond donors (Lipinski definition) is 0. The Balaban J connectivity index is 1.64. The van der Waals surface area contributed by atoms with Crippen molar-refractivity contribution in [3.05, 3.63) is 30.4 Å². The van der Waals surface area contributed by atoms with Crippen LogP contribution in [0.1, 0.15) is 12.1 Å². The zero-order chi connectivity index (χ0) is 18.0. The van der Waals surface area contributed by atoms with E-state index in [4.69, 9.17) is 0 Å². The van der Waals surface area contributed by atoms with Crippen LogP contribution in [0.2, 0.25) is 0 Å². The fourth-order valence-electron chi connectivity index (χ4n) is 2.65. The van der Waals surface area contributed by atoms with E-state index in [9.17, 15) is 18.0 Å². The molecule has 0 N–H and O–H groups in total. The molecule has 1 aliphatic rings. The van der Waals surface area contributed by atoms with Gasteiger partial charge in [0.15, 0.2) is 5.82 Å². The Labute approximate surface area is 142 Å². The average molecular weight is 354 g/mol. The summed E-state index contributed by atoms with van der Waals surface area (Å²) >= 11 is 0. The highest BCUT2D eigenvalue weighted by atomic mass is 19.4. The lowest BCUT2D eigenvalue weighted by molar-refractivity contribution is -0.161. The maximum absolute atomic E-state index is 12.3. The lowest BCUT2D eigenvalue weighted by Crippen LogP contribution is -2.49. The predicted octanol–water partition coefficient (Wildman–Crippen LogP) is 1.57. The van der Waals surface area contributed by atoms with Gasteiger partial charge < -0.3 is 9.80 Å². The van der Waals surface area contributed by atoms with Crippen molar-refractivity contribution in [2.75, 3.05) is 31.1 Å². The minimum absolute atomic E-state index is 0.231. The minimum Gasteiger partial charge on any atom is -0.353 e. The second-order valence-electron chi connectivity index (χ2n) is 5.80. The summed E-state index contributed by atoms with van der Waals surface area (Å²) in [5.74, 6) is 0.372. The summed E-state index contributed by atoms with van der Waals surface area (Å²) in [6.45, 7) is 3.16. The van der Waals surface area contributed by atoms with Crippen LogP contribution in [0, 0.1) is 6.92 Å². The number of halogens is 3. The van der Waals surface area contributed by atoms with E-state index in [1.807, 2.05) is 17.9 Å². The molecular weight excluding hydrogens is 337 g/mol. The molecule has 0 unspecified atom stereocenters. The Morgan fingerprint density at radius 2 is 1.84 bits per heavy atom. The molecule has 3 heterocycles. The molecule has 0 atom stereocenters. The van der Waals surface area contributed by atoms with Crippen molar-refractivity contribution in [3.8, 4) is 5.82 Å². The van der Waals surface area contributed by atoms with Crippen LogP contribution in [0.4, 0.5) is 19.0 Å². The normalized spacial score (nSPS) is 15.5. The molecule has 3 rings (SSSR count). The standard InChI is InChI=1S/C15H17F3N6O/c1-11-2-3-24(21-11)13-8-12(19-10-20-13)22-4-6-23(7-5-22)14(25)9-15(16,17)18/h2-3,8,10H,4-7,9H2,1H3. The van der Waals surface area contributed by atoms with Gasteiger partial charge >= 0.3 is 6.18 Å². The molecule has 7 nitrogen and oxygen atoms in total. The predicted molar refractivity (Wildman–Crippen MR) is 83.4 cm³/mol. The smallest absolute Gasteiger partial charge is 0.353 e. The molecule has 0 bridgehead atoms. The van der Waals surface area contributed by atoms with E-state index in [1.165, 1.54) is 11.2 Å². The van der Waals surface area contributed by atoms with Gasteiger partial charge in [-0.15, -0.1) is 0 Å². The molecule has 2 aromatic rings. The van der Waals surface area contributed by atoms with E-state index >= 15 is 0 Å². The lowest BCUT2D eigenvalue weighted by atomic mass is 10.2. The highest BCUT2D eigenvalue weighted by Crippen LogP contribution is 2.22. The van der Waals surface area contributed by atoms with Crippen LogP contribution < -0.4 is 4.90 Å². The Bertz CT molecular complexity index is 752. The van der Waals surface area contributed by atoms with E-state index in [1.54, 1.807) is 16.9 Å². The zero-order valence-corrected chi connectivity index (χ0v) is 13.6. The lowest BCUT2D eigenvalue weighted by Gasteiger charge is -2.35. The largest absolute Gasteiger partial charge is 0.397 e. The third-order valence-corrected chi connectivity index (χ3v) is 3.90. The van der Waals surface area contributed by atoms with Crippen LogP contribution in [0.15, 0.2) is 24.7 Å². The van der Waals surface area contributed by atoms with Crippen LogP contribution in [0.5, 0.6) is 0 Å². The van der Waals surface area contributed by atoms with E-state index in [-0.39, 0.29) is 13.1 Å². The highest BCUT2D eigenvalue weighted by Gasteiger charge is 2.34. The summed E-state index contributed by atoms with van der Waals surface area (Å²) in [6, 6.07) is 3.62. The third-order valence-electron chi connectivity index (χ3n) is 3.90. The number of rotatable bonds is 3. The van der Waals surface area contributed by atoms with Crippen LogP contribution >= 0.6 is 0 Å². The molecule has 25 heavy (non-hydrogen) atoms. The van der Waals surface area contributed by atoms with Crippen LogP contribution in [0.3, 0.4) is 0 Å². The van der Waals surface area contributed by atoms with Gasteiger partial charge in [-0.25, -0.2) is 14.6 Å². The number of hydrogen-bond acceptors (Lipinski definition) is 5. The molecule has 0 spiro atoms. The van der Waals surface area contributed by atoms with Gasteiger partial charge in [0.05, 0.1) is 5.69 Å². The summed E-state index contributed by atoms with van der Waals surface area (Å²) in [7, 11) is 0. The van der Waals surface area contributed by atoms with E-state index in [2.05, 4.69) is 15.1 Å². The average Bonchev–Trinajstić information content (AvgIpc) is 3.00. The topological polar surface area (TPSA) is 67.2 Å². The quantitative estimate of drug-likeness (QED) is 0.837. The second kappa shape index (κ2) is 6.69. The van der Waals surface area contributed by atoms with Crippen molar-refractivity contribution in [2.45, 2.75) is 19.5 Å². The maximum Gasteiger partial charge on any atom is 0.397 e. The second-order valence-corrected chi connectivity index (χ2v) is 5.80. The fourth-order valence-corrected chi connectivity index (χ4v) is 2.65. The molecular formula is C15H17F3N6O. The van der Waals surface area contributed by atoms with Crippen molar-refractivity contribution in [3.63, 3.8) is 0 Å². The number of aromatic nitrogens is 4. The van der Waals surface area contributed by atoms with Gasteiger partial charge in [0.2, 0.25) is 5.91 Å². The Hall–Kier alpha value is -2.65. The van der Waals surface area contributed by atoms with Gasteiger partial charge in [-0.1, -0.05) is 0 Å². The number of nitrogens with zero attached hydrogens (tertiary/aromatic N) is 6. The first kappa shape index (κ1) is 17.2. The number of alkyl halides is 3. The fraction of sp³-hybridized carbons (Fsp3) is 0.467. The summed E-state index contributed by atoms with van der Waals surface area (Å²) < 4.78 is 38.6. The molecule has 0 aromatic carbocycles. The molecule has 1 saturated heterocycles. The minimum atomic E-state index is -4.47. The van der Waals surface area contributed by atoms with Gasteiger partial charge in [-0.3, -0.25) is 4.79 Å². The van der Waals surface area contributed by atoms with Crippen molar-refractivity contribution in [1.82, 2.24) is 24.6 Å². The maximum atomic E-state index is 12.3. The van der Waals surface area contributed by atoms with E-state index in [0.717, 1.165) is 5.69 Å². The van der Waals surface area contributed by atoms with Crippen LogP contribution in [0.25, 0.3) is 5.82 Å². The molecule has 1 fully saturated rings. The van der Waals surface area contributed by atoms with Crippen molar-refractivity contribution < 1.29 is 18.0 Å². The van der Waals surface area contributed by atoms with Crippen molar-refractivity contribution >= 4 is 11.7 Å². The molecule has 1 aliphatic heterocycles. The summed E-state index contributed by atoms with van der Waals surface area (Å²) in [5.41, 5.74) is 0.858. The first-order valence-electron chi connectivity index (χ1n) is 7.76. The third kappa shape index (κ3) is 4.25. The SMILES string of the molecule is Cc1ccn(-c2cc(N3CCN(C(=O)CC(F)(F)F)CC3)ncn2)n1. The van der Waals surface area contributed by atoms with Gasteiger partial charge in [-0.05, 0) is 13.0 Å². The highest BCUT2D eigenvalue weighted by molar-refractivity contribution is 5.77. The monoisotopic (exact) mass is 354 g/mol. The molecule has 1 amide bonds.